The number of quaternary nitrogens is 1. The van der Waals surface area contributed by atoms with Crippen LogP contribution in [0.15, 0.2) is 54.6 Å². The molecule has 2 atom stereocenters. The number of hydrogen-bond acceptors (Lipinski definition) is 1. The fourth-order valence-electron chi connectivity index (χ4n) is 3.68. The van der Waals surface area contributed by atoms with Crippen LogP contribution in [0.2, 0.25) is 0 Å². The second kappa shape index (κ2) is 8.98. The largest absolute Gasteiger partial charge is 1.00 e. The lowest BCUT2D eigenvalue weighted by Crippen LogP contribution is -3.00. The number of piperidine rings is 1. The number of likely N-dealkylation sites (N-methyl/N-ethyl adjacent to an activating group) is 1. The van der Waals surface area contributed by atoms with Crippen molar-refractivity contribution in [2.45, 2.75) is 38.3 Å². The van der Waals surface area contributed by atoms with E-state index in [1.165, 1.54) is 42.5 Å². The number of halogens is 1. The second-order valence-electron chi connectivity index (χ2n) is 7.69. The third-order valence-electron chi connectivity index (χ3n) is 5.45. The van der Waals surface area contributed by atoms with Crippen molar-refractivity contribution in [3.8, 4) is 0 Å². The summed E-state index contributed by atoms with van der Waals surface area (Å²) in [5.74, 6) is 0. The van der Waals surface area contributed by atoms with E-state index in [1.54, 1.807) is 0 Å². The topological polar surface area (TPSA) is 9.23 Å². The highest BCUT2D eigenvalue weighted by Gasteiger charge is 2.32. The van der Waals surface area contributed by atoms with Crippen molar-refractivity contribution in [3.63, 3.8) is 0 Å². The molecule has 0 N–H and O–H groups in total. The van der Waals surface area contributed by atoms with Gasteiger partial charge in [-0.05, 0) is 30.9 Å². The van der Waals surface area contributed by atoms with Crippen LogP contribution in [0.3, 0.4) is 0 Å². The van der Waals surface area contributed by atoms with Crippen molar-refractivity contribution < 1.29 is 26.2 Å². The van der Waals surface area contributed by atoms with E-state index in [4.69, 9.17) is 4.74 Å². The fourth-order valence-corrected chi connectivity index (χ4v) is 3.68. The number of ether oxygens (including phenoxy) is 1. The van der Waals surface area contributed by atoms with Crippen LogP contribution >= 0.6 is 0 Å². The molecule has 2 aromatic carbocycles. The Kier molecular flexibility index (Phi) is 7.24. The van der Waals surface area contributed by atoms with Crippen LogP contribution in [0.1, 0.15) is 42.1 Å². The molecule has 3 heteroatoms. The Balaban J connectivity index is 0.00000225. The molecule has 0 amide bonds. The summed E-state index contributed by atoms with van der Waals surface area (Å²) in [4.78, 5) is 0. The number of aryl methyl sites for hydroxylation is 1. The molecule has 3 rings (SSSR count). The molecule has 1 aliphatic heterocycles. The van der Waals surface area contributed by atoms with Gasteiger partial charge in [-0.25, -0.2) is 0 Å². The Morgan fingerprint density at radius 3 is 2.24 bits per heavy atom. The van der Waals surface area contributed by atoms with Gasteiger partial charge in [0, 0.05) is 6.42 Å². The third kappa shape index (κ3) is 5.16. The van der Waals surface area contributed by atoms with Gasteiger partial charge in [-0.1, -0.05) is 60.2 Å². The molecule has 136 valence electrons. The van der Waals surface area contributed by atoms with E-state index in [2.05, 4.69) is 75.6 Å². The molecule has 1 aliphatic rings. The summed E-state index contributed by atoms with van der Waals surface area (Å²) >= 11 is 0. The van der Waals surface area contributed by atoms with E-state index in [-0.39, 0.29) is 23.1 Å². The minimum absolute atomic E-state index is 0. The first-order valence-corrected chi connectivity index (χ1v) is 9.12. The quantitative estimate of drug-likeness (QED) is 0.690. The first kappa shape index (κ1) is 20.2. The molecular formula is C22H30BrNO. The van der Waals surface area contributed by atoms with E-state index in [9.17, 15) is 0 Å². The molecule has 2 nitrogen and oxygen atoms in total. The summed E-state index contributed by atoms with van der Waals surface area (Å²) in [5, 5.41) is 0. The van der Waals surface area contributed by atoms with E-state index < -0.39 is 0 Å². The second-order valence-corrected chi connectivity index (χ2v) is 7.69. The van der Waals surface area contributed by atoms with Crippen LogP contribution < -0.4 is 17.0 Å². The minimum Gasteiger partial charge on any atom is -1.00 e. The summed E-state index contributed by atoms with van der Waals surface area (Å²) in [5.41, 5.74) is 3.77. The van der Waals surface area contributed by atoms with E-state index in [1.807, 2.05) is 0 Å². The first-order valence-electron chi connectivity index (χ1n) is 9.12. The maximum Gasteiger partial charge on any atom is 0.112 e. The van der Waals surface area contributed by atoms with Gasteiger partial charge >= 0.3 is 0 Å². The lowest BCUT2D eigenvalue weighted by Gasteiger charge is -2.42. The zero-order chi connectivity index (χ0) is 17.0. The average molecular weight is 404 g/mol. The van der Waals surface area contributed by atoms with E-state index in [0.29, 0.717) is 6.04 Å². The highest BCUT2D eigenvalue weighted by Crippen LogP contribution is 2.29. The van der Waals surface area contributed by atoms with Crippen LogP contribution in [0.25, 0.3) is 0 Å². The molecule has 25 heavy (non-hydrogen) atoms. The van der Waals surface area contributed by atoms with Gasteiger partial charge in [0.05, 0.1) is 27.2 Å². The predicted molar refractivity (Wildman–Crippen MR) is 100 cm³/mol. The molecule has 1 fully saturated rings. The lowest BCUT2D eigenvalue weighted by atomic mass is 9.99. The first-order chi connectivity index (χ1) is 11.6. The molecule has 0 spiro atoms. The standard InChI is InChI=1S/C22H30NO.BrH/c1-18-12-14-20(15-13-18)22(19-9-5-4-6-10-19)24-17-21-11-7-8-16-23(21,2)3;/h4-6,9-10,12-15,21-22H,7-8,11,16-17H2,1-3H3;1H/q+1;/p-1. The van der Waals surface area contributed by atoms with Crippen LogP contribution in [0, 0.1) is 6.92 Å². The molecular weight excluding hydrogens is 374 g/mol. The van der Waals surface area contributed by atoms with Crippen molar-refractivity contribution in [2.75, 3.05) is 27.2 Å². The van der Waals surface area contributed by atoms with Crippen molar-refractivity contribution in [3.05, 3.63) is 71.3 Å². The van der Waals surface area contributed by atoms with Gasteiger partial charge in [0.1, 0.15) is 12.1 Å². The van der Waals surface area contributed by atoms with Crippen LogP contribution in [0.5, 0.6) is 0 Å². The molecule has 0 bridgehead atoms. The molecule has 0 saturated carbocycles. The van der Waals surface area contributed by atoms with Gasteiger partial charge in [-0.3, -0.25) is 0 Å². The third-order valence-corrected chi connectivity index (χ3v) is 5.45. The van der Waals surface area contributed by atoms with Gasteiger partial charge < -0.3 is 26.2 Å². The molecule has 0 aliphatic carbocycles. The van der Waals surface area contributed by atoms with Crippen molar-refractivity contribution in [1.82, 2.24) is 0 Å². The van der Waals surface area contributed by atoms with Crippen LogP contribution in [0.4, 0.5) is 0 Å². The molecule has 2 aromatic rings. The SMILES string of the molecule is Cc1ccc(C(OCC2CCCC[N+]2(C)C)c2ccccc2)cc1.[Br-]. The van der Waals surface area contributed by atoms with Crippen molar-refractivity contribution in [1.29, 1.82) is 0 Å². The zero-order valence-corrected chi connectivity index (χ0v) is 17.2. The highest BCUT2D eigenvalue weighted by molar-refractivity contribution is 5.31. The van der Waals surface area contributed by atoms with Crippen LogP contribution in [-0.4, -0.2) is 37.8 Å². The Labute approximate surface area is 163 Å². The Morgan fingerprint density at radius 2 is 1.60 bits per heavy atom. The summed E-state index contributed by atoms with van der Waals surface area (Å²) in [6.45, 7) is 4.21. The van der Waals surface area contributed by atoms with Crippen molar-refractivity contribution in [2.24, 2.45) is 0 Å². The molecule has 1 saturated heterocycles. The molecule has 2 unspecified atom stereocenters. The Bertz CT molecular complexity index is 639. The van der Waals surface area contributed by atoms with E-state index in [0.717, 1.165) is 11.1 Å². The van der Waals surface area contributed by atoms with Gasteiger partial charge in [-0.15, -0.1) is 0 Å². The highest BCUT2D eigenvalue weighted by atomic mass is 79.9. The number of nitrogens with zero attached hydrogens (tertiary/aromatic N) is 1. The molecule has 0 aromatic heterocycles. The van der Waals surface area contributed by atoms with Gasteiger partial charge in [-0.2, -0.15) is 0 Å². The summed E-state index contributed by atoms with van der Waals surface area (Å²) in [7, 11) is 4.69. The zero-order valence-electron chi connectivity index (χ0n) is 15.6. The number of benzene rings is 2. The van der Waals surface area contributed by atoms with Crippen LogP contribution in [-0.2, 0) is 4.74 Å². The average Bonchev–Trinajstić information content (AvgIpc) is 2.58. The molecule has 0 radical (unpaired) electrons. The van der Waals surface area contributed by atoms with Gasteiger partial charge in [0.2, 0.25) is 0 Å². The summed E-state index contributed by atoms with van der Waals surface area (Å²) in [6, 6.07) is 20.0. The lowest BCUT2D eigenvalue weighted by molar-refractivity contribution is -0.920. The normalized spacial score (nSPS) is 20.5. The summed E-state index contributed by atoms with van der Waals surface area (Å²) in [6.07, 6.45) is 3.95. The molecule has 1 heterocycles. The Morgan fingerprint density at radius 1 is 0.960 bits per heavy atom. The number of hydrogen-bond donors (Lipinski definition) is 0. The maximum absolute atomic E-state index is 6.51. The van der Waals surface area contributed by atoms with E-state index >= 15 is 0 Å². The van der Waals surface area contributed by atoms with Gasteiger partial charge in [0.25, 0.3) is 0 Å². The maximum atomic E-state index is 6.51. The monoisotopic (exact) mass is 403 g/mol. The van der Waals surface area contributed by atoms with Crippen molar-refractivity contribution >= 4 is 0 Å². The van der Waals surface area contributed by atoms with Gasteiger partial charge in [0.15, 0.2) is 0 Å². The Hall–Kier alpha value is -1.16. The smallest absolute Gasteiger partial charge is 0.112 e. The minimum atomic E-state index is 0. The predicted octanol–water partition coefficient (Wildman–Crippen LogP) is 1.73. The number of likely N-dealkylation sites (tertiary alicyclic amines) is 1. The summed E-state index contributed by atoms with van der Waals surface area (Å²) < 4.78 is 7.59. The number of rotatable bonds is 5. The fraction of sp³-hybridized carbons (Fsp3) is 0.455.